The summed E-state index contributed by atoms with van der Waals surface area (Å²) >= 11 is 0. The van der Waals surface area contributed by atoms with Crippen LogP contribution < -0.4 is 14.5 Å². The van der Waals surface area contributed by atoms with Crippen molar-refractivity contribution in [1.29, 1.82) is 0 Å². The van der Waals surface area contributed by atoms with Crippen LogP contribution in [-0.2, 0) is 27.8 Å². The molecule has 0 bridgehead atoms. The van der Waals surface area contributed by atoms with Gasteiger partial charge in [-0.25, -0.2) is 8.42 Å². The van der Waals surface area contributed by atoms with E-state index < -0.39 is 10.0 Å². The lowest BCUT2D eigenvalue weighted by Gasteiger charge is -2.28. The van der Waals surface area contributed by atoms with Crippen molar-refractivity contribution in [2.24, 2.45) is 0 Å². The Bertz CT molecular complexity index is 1300. The SMILES string of the molecule is Cc1ccc(N(Cc2ccc(C(=O)NCc3ccc(N4CCOCC4)cc3)cc2)S(C)(=O)=O)cc1C. The smallest absolute Gasteiger partial charge is 0.251 e. The van der Waals surface area contributed by atoms with Crippen LogP contribution in [0.1, 0.15) is 32.6 Å². The van der Waals surface area contributed by atoms with Crippen molar-refractivity contribution in [3.63, 3.8) is 0 Å². The van der Waals surface area contributed by atoms with E-state index in [1.54, 1.807) is 24.3 Å². The lowest BCUT2D eigenvalue weighted by atomic mass is 10.1. The van der Waals surface area contributed by atoms with Gasteiger partial charge in [-0.05, 0) is 72.5 Å². The number of rotatable bonds is 8. The third-order valence-electron chi connectivity index (χ3n) is 6.49. The van der Waals surface area contributed by atoms with Crippen molar-refractivity contribution >= 4 is 27.3 Å². The van der Waals surface area contributed by atoms with Gasteiger partial charge in [0.25, 0.3) is 5.91 Å². The van der Waals surface area contributed by atoms with E-state index >= 15 is 0 Å². The predicted molar refractivity (Wildman–Crippen MR) is 144 cm³/mol. The first-order valence-electron chi connectivity index (χ1n) is 12.0. The van der Waals surface area contributed by atoms with E-state index in [1.165, 1.54) is 10.6 Å². The summed E-state index contributed by atoms with van der Waals surface area (Å²) in [6.45, 7) is 7.84. The molecule has 1 heterocycles. The number of sulfonamides is 1. The van der Waals surface area contributed by atoms with Gasteiger partial charge in [0.2, 0.25) is 10.0 Å². The molecule has 0 saturated carbocycles. The third-order valence-corrected chi connectivity index (χ3v) is 7.63. The predicted octanol–water partition coefficient (Wildman–Crippen LogP) is 4.04. The highest BCUT2D eigenvalue weighted by atomic mass is 32.2. The number of hydrogen-bond donors (Lipinski definition) is 1. The fourth-order valence-electron chi connectivity index (χ4n) is 4.14. The van der Waals surface area contributed by atoms with Crippen LogP contribution in [0.15, 0.2) is 66.7 Å². The van der Waals surface area contributed by atoms with Crippen molar-refractivity contribution in [1.82, 2.24) is 5.32 Å². The molecule has 1 aliphatic rings. The number of carbonyl (C=O) groups is 1. The Morgan fingerprint density at radius 3 is 2.17 bits per heavy atom. The molecule has 0 spiro atoms. The van der Waals surface area contributed by atoms with Gasteiger partial charge < -0.3 is 15.0 Å². The second-order valence-electron chi connectivity index (χ2n) is 9.18. The maximum Gasteiger partial charge on any atom is 0.251 e. The molecule has 8 heteroatoms. The fourth-order valence-corrected chi connectivity index (χ4v) is 5.02. The summed E-state index contributed by atoms with van der Waals surface area (Å²) in [5, 5.41) is 2.96. The van der Waals surface area contributed by atoms with Gasteiger partial charge in [-0.3, -0.25) is 9.10 Å². The number of morpholine rings is 1. The topological polar surface area (TPSA) is 79.0 Å². The van der Waals surface area contributed by atoms with Gasteiger partial charge in [0, 0.05) is 30.9 Å². The van der Waals surface area contributed by atoms with E-state index in [1.807, 2.05) is 44.2 Å². The summed E-state index contributed by atoms with van der Waals surface area (Å²) in [4.78, 5) is 15.0. The zero-order chi connectivity index (χ0) is 25.7. The van der Waals surface area contributed by atoms with Gasteiger partial charge in [0.15, 0.2) is 0 Å². The third kappa shape index (κ3) is 6.44. The maximum absolute atomic E-state index is 12.7. The molecule has 3 aromatic carbocycles. The number of anilines is 2. The highest BCUT2D eigenvalue weighted by Gasteiger charge is 2.19. The average Bonchev–Trinajstić information content (AvgIpc) is 2.88. The summed E-state index contributed by atoms with van der Waals surface area (Å²) in [5.74, 6) is -0.173. The fraction of sp³-hybridized carbons (Fsp3) is 0.321. The van der Waals surface area contributed by atoms with Crippen LogP contribution >= 0.6 is 0 Å². The van der Waals surface area contributed by atoms with Crippen molar-refractivity contribution < 1.29 is 17.9 Å². The molecule has 1 N–H and O–H groups in total. The van der Waals surface area contributed by atoms with E-state index in [2.05, 4.69) is 22.3 Å². The number of nitrogens with zero attached hydrogens (tertiary/aromatic N) is 2. The minimum absolute atomic E-state index is 0.173. The van der Waals surface area contributed by atoms with Crippen LogP contribution in [0.3, 0.4) is 0 Å². The molecule has 1 saturated heterocycles. The Kier molecular flexibility index (Phi) is 7.96. The summed E-state index contributed by atoms with van der Waals surface area (Å²) < 4.78 is 31.8. The number of nitrogens with one attached hydrogen (secondary N) is 1. The Labute approximate surface area is 213 Å². The number of benzene rings is 3. The Morgan fingerprint density at radius 1 is 0.917 bits per heavy atom. The van der Waals surface area contributed by atoms with Crippen LogP contribution in [0.2, 0.25) is 0 Å². The van der Waals surface area contributed by atoms with E-state index in [0.29, 0.717) is 17.8 Å². The summed E-state index contributed by atoms with van der Waals surface area (Å²) in [6, 6.07) is 20.9. The molecule has 1 fully saturated rings. The summed E-state index contributed by atoms with van der Waals surface area (Å²) in [7, 11) is -3.48. The molecule has 0 radical (unpaired) electrons. The molecule has 0 atom stereocenters. The lowest BCUT2D eigenvalue weighted by Crippen LogP contribution is -2.36. The number of amides is 1. The minimum Gasteiger partial charge on any atom is -0.378 e. The Balaban J connectivity index is 1.37. The zero-order valence-electron chi connectivity index (χ0n) is 21.0. The quantitative estimate of drug-likeness (QED) is 0.498. The first-order chi connectivity index (χ1) is 17.2. The van der Waals surface area contributed by atoms with Gasteiger partial charge in [0.1, 0.15) is 0 Å². The Hall–Kier alpha value is -3.36. The van der Waals surface area contributed by atoms with Crippen LogP contribution in [0, 0.1) is 13.8 Å². The number of aryl methyl sites for hydroxylation is 2. The van der Waals surface area contributed by atoms with E-state index in [-0.39, 0.29) is 12.5 Å². The molecule has 0 unspecified atom stereocenters. The lowest BCUT2D eigenvalue weighted by molar-refractivity contribution is 0.0951. The van der Waals surface area contributed by atoms with Gasteiger partial charge in [-0.15, -0.1) is 0 Å². The van der Waals surface area contributed by atoms with Gasteiger partial charge in [-0.2, -0.15) is 0 Å². The highest BCUT2D eigenvalue weighted by molar-refractivity contribution is 7.92. The van der Waals surface area contributed by atoms with Gasteiger partial charge >= 0.3 is 0 Å². The molecule has 3 aromatic rings. The molecular weight excluding hydrogens is 474 g/mol. The van der Waals surface area contributed by atoms with Crippen molar-refractivity contribution in [3.05, 3.63) is 94.5 Å². The molecular formula is C28H33N3O4S. The Morgan fingerprint density at radius 2 is 1.56 bits per heavy atom. The summed E-state index contributed by atoms with van der Waals surface area (Å²) in [5.41, 5.74) is 6.28. The number of hydrogen-bond acceptors (Lipinski definition) is 5. The molecule has 0 aromatic heterocycles. The standard InChI is InChI=1S/C28H33N3O4S/c1-21-4-11-27(18-22(21)2)31(36(3,33)34)20-24-5-9-25(10-6-24)28(32)29-19-23-7-12-26(13-8-23)30-14-16-35-17-15-30/h4-13,18H,14-17,19-20H2,1-3H3,(H,29,32). The summed E-state index contributed by atoms with van der Waals surface area (Å²) in [6.07, 6.45) is 1.21. The first kappa shape index (κ1) is 25.7. The molecule has 36 heavy (non-hydrogen) atoms. The average molecular weight is 508 g/mol. The number of ether oxygens (including phenoxy) is 1. The van der Waals surface area contributed by atoms with Crippen LogP contribution in [0.25, 0.3) is 0 Å². The molecule has 0 aliphatic carbocycles. The van der Waals surface area contributed by atoms with Gasteiger partial charge in [-0.1, -0.05) is 30.3 Å². The highest BCUT2D eigenvalue weighted by Crippen LogP contribution is 2.24. The second kappa shape index (κ2) is 11.1. The zero-order valence-corrected chi connectivity index (χ0v) is 21.8. The molecule has 190 valence electrons. The van der Waals surface area contributed by atoms with E-state index in [0.717, 1.165) is 54.2 Å². The van der Waals surface area contributed by atoms with Crippen LogP contribution in [0.5, 0.6) is 0 Å². The second-order valence-corrected chi connectivity index (χ2v) is 11.1. The first-order valence-corrected chi connectivity index (χ1v) is 13.9. The largest absolute Gasteiger partial charge is 0.378 e. The van der Waals surface area contributed by atoms with Crippen molar-refractivity contribution in [2.45, 2.75) is 26.9 Å². The monoisotopic (exact) mass is 507 g/mol. The number of carbonyl (C=O) groups excluding carboxylic acids is 1. The molecule has 4 rings (SSSR count). The van der Waals surface area contributed by atoms with Crippen LogP contribution in [0.4, 0.5) is 11.4 Å². The van der Waals surface area contributed by atoms with Gasteiger partial charge in [0.05, 0.1) is 31.7 Å². The maximum atomic E-state index is 12.7. The molecule has 1 amide bonds. The molecule has 7 nitrogen and oxygen atoms in total. The minimum atomic E-state index is -3.48. The molecule has 1 aliphatic heterocycles. The van der Waals surface area contributed by atoms with E-state index in [9.17, 15) is 13.2 Å². The van der Waals surface area contributed by atoms with E-state index in [4.69, 9.17) is 4.74 Å². The van der Waals surface area contributed by atoms with Crippen molar-refractivity contribution in [2.75, 3.05) is 41.8 Å². The van der Waals surface area contributed by atoms with Crippen LogP contribution in [-0.4, -0.2) is 46.9 Å². The normalized spacial score (nSPS) is 13.9. The van der Waals surface area contributed by atoms with Crippen molar-refractivity contribution in [3.8, 4) is 0 Å².